The Hall–Kier alpha value is -0.550. The van der Waals surface area contributed by atoms with Gasteiger partial charge in [-0.25, -0.2) is 5.48 Å². The van der Waals surface area contributed by atoms with E-state index in [0.717, 1.165) is 12.8 Å². The summed E-state index contributed by atoms with van der Waals surface area (Å²) in [7, 11) is 0. The van der Waals surface area contributed by atoms with Gasteiger partial charge in [0.1, 0.15) is 0 Å². The predicted octanol–water partition coefficient (Wildman–Crippen LogP) is 3.06. The summed E-state index contributed by atoms with van der Waals surface area (Å²) in [5.41, 5.74) is 3.71. The molecule has 0 aromatic carbocycles. The van der Waals surface area contributed by atoms with Crippen molar-refractivity contribution in [3.8, 4) is 0 Å². The van der Waals surface area contributed by atoms with Gasteiger partial charge in [-0.15, -0.1) is 0 Å². The van der Waals surface area contributed by atoms with Crippen LogP contribution in [0.5, 0.6) is 0 Å². The number of halogens is 3. The number of rotatable bonds is 4. The fraction of sp³-hybridized carbons (Fsp3) is 0.818. The topological polar surface area (TPSA) is 21.3 Å². The quantitative estimate of drug-likeness (QED) is 0.461. The van der Waals surface area contributed by atoms with Crippen molar-refractivity contribution in [2.45, 2.75) is 32.9 Å². The van der Waals surface area contributed by atoms with Crippen molar-refractivity contribution < 1.29 is 18.0 Å². The summed E-state index contributed by atoms with van der Waals surface area (Å²) < 4.78 is 35.3. The summed E-state index contributed by atoms with van der Waals surface area (Å²) in [6.45, 7) is 3.42. The average Bonchev–Trinajstić information content (AvgIpc) is 2.09. The summed E-state index contributed by atoms with van der Waals surface area (Å²) >= 11 is 0. The number of hydrogen-bond donors (Lipinski definition) is 1. The molecular weight excluding hydrogens is 219 g/mol. The zero-order chi connectivity index (χ0) is 12.2. The molecule has 0 aliphatic heterocycles. The fourth-order valence-electron chi connectivity index (χ4n) is 2.15. The number of hydroxylamine groups is 1. The molecule has 1 aliphatic rings. The molecular formula is C11H18F3NO. The van der Waals surface area contributed by atoms with E-state index in [1.54, 1.807) is 0 Å². The first-order valence-corrected chi connectivity index (χ1v) is 5.45. The lowest BCUT2D eigenvalue weighted by Gasteiger charge is -2.25. The molecule has 94 valence electrons. The molecule has 2 nitrogen and oxygen atoms in total. The fourth-order valence-corrected chi connectivity index (χ4v) is 2.15. The van der Waals surface area contributed by atoms with E-state index in [-0.39, 0.29) is 0 Å². The SMILES string of the molecule is CC1=CC(C)CC(CNOCC(F)(F)F)C1. The molecule has 0 amide bonds. The lowest BCUT2D eigenvalue weighted by Crippen LogP contribution is -2.30. The Morgan fingerprint density at radius 1 is 1.50 bits per heavy atom. The molecule has 0 aromatic rings. The Morgan fingerprint density at radius 3 is 2.75 bits per heavy atom. The Labute approximate surface area is 93.8 Å². The highest BCUT2D eigenvalue weighted by Gasteiger charge is 2.28. The van der Waals surface area contributed by atoms with Crippen molar-refractivity contribution >= 4 is 0 Å². The van der Waals surface area contributed by atoms with E-state index < -0.39 is 12.8 Å². The molecule has 0 radical (unpaired) electrons. The highest BCUT2D eigenvalue weighted by molar-refractivity contribution is 5.06. The van der Waals surface area contributed by atoms with Crippen molar-refractivity contribution in [1.29, 1.82) is 0 Å². The van der Waals surface area contributed by atoms with Gasteiger partial charge in [0.15, 0.2) is 6.61 Å². The van der Waals surface area contributed by atoms with Crippen LogP contribution in [0.4, 0.5) is 13.2 Å². The molecule has 0 heterocycles. The van der Waals surface area contributed by atoms with E-state index in [9.17, 15) is 13.2 Å². The largest absolute Gasteiger partial charge is 0.413 e. The van der Waals surface area contributed by atoms with Crippen LogP contribution in [-0.2, 0) is 4.84 Å². The van der Waals surface area contributed by atoms with Crippen LogP contribution in [0.25, 0.3) is 0 Å². The second-order valence-electron chi connectivity index (χ2n) is 4.55. The smallest absolute Gasteiger partial charge is 0.292 e. The minimum Gasteiger partial charge on any atom is -0.292 e. The van der Waals surface area contributed by atoms with Crippen LogP contribution in [0.3, 0.4) is 0 Å². The highest BCUT2D eigenvalue weighted by Crippen LogP contribution is 2.27. The van der Waals surface area contributed by atoms with Gasteiger partial charge >= 0.3 is 6.18 Å². The van der Waals surface area contributed by atoms with Crippen molar-refractivity contribution in [2.24, 2.45) is 11.8 Å². The summed E-state index contributed by atoms with van der Waals surface area (Å²) in [6.07, 6.45) is -0.109. The first-order chi connectivity index (χ1) is 7.37. The van der Waals surface area contributed by atoms with Crippen LogP contribution in [0.15, 0.2) is 11.6 Å². The van der Waals surface area contributed by atoms with Crippen LogP contribution < -0.4 is 5.48 Å². The minimum absolute atomic E-state index is 0.369. The number of allylic oxidation sites excluding steroid dienone is 2. The summed E-state index contributed by atoms with van der Waals surface area (Å²) in [5.74, 6) is 0.872. The molecule has 0 saturated carbocycles. The van der Waals surface area contributed by atoms with Crippen molar-refractivity contribution in [1.82, 2.24) is 5.48 Å². The third-order valence-corrected chi connectivity index (χ3v) is 2.59. The zero-order valence-corrected chi connectivity index (χ0v) is 9.60. The third-order valence-electron chi connectivity index (χ3n) is 2.59. The normalized spacial score (nSPS) is 26.7. The Balaban J connectivity index is 2.17. The van der Waals surface area contributed by atoms with E-state index in [4.69, 9.17) is 0 Å². The van der Waals surface area contributed by atoms with Crippen LogP contribution >= 0.6 is 0 Å². The standard InChI is InChI=1S/C11H18F3NO/c1-8-3-9(2)5-10(4-8)6-15-16-7-11(12,13)14/h3,8,10,15H,4-7H2,1-2H3. The van der Waals surface area contributed by atoms with Gasteiger partial charge in [0.2, 0.25) is 0 Å². The molecule has 0 aromatic heterocycles. The van der Waals surface area contributed by atoms with Crippen molar-refractivity contribution in [3.05, 3.63) is 11.6 Å². The number of alkyl halides is 3. The van der Waals surface area contributed by atoms with Gasteiger partial charge < -0.3 is 0 Å². The lowest BCUT2D eigenvalue weighted by molar-refractivity contribution is -0.190. The average molecular weight is 237 g/mol. The number of hydrogen-bond acceptors (Lipinski definition) is 2. The Bertz CT molecular complexity index is 250. The predicted molar refractivity (Wildman–Crippen MR) is 55.7 cm³/mol. The van der Waals surface area contributed by atoms with Gasteiger partial charge in [-0.3, -0.25) is 4.84 Å². The molecule has 0 fully saturated rings. The molecule has 0 saturated heterocycles. The molecule has 16 heavy (non-hydrogen) atoms. The maximum Gasteiger partial charge on any atom is 0.413 e. The molecule has 0 bridgehead atoms. The van der Waals surface area contributed by atoms with Crippen molar-refractivity contribution in [2.75, 3.05) is 13.2 Å². The van der Waals surface area contributed by atoms with E-state index in [2.05, 4.69) is 30.2 Å². The Morgan fingerprint density at radius 2 is 2.19 bits per heavy atom. The summed E-state index contributed by atoms with van der Waals surface area (Å²) in [6, 6.07) is 0. The molecule has 5 heteroatoms. The van der Waals surface area contributed by atoms with Gasteiger partial charge in [0.25, 0.3) is 0 Å². The van der Waals surface area contributed by atoms with Gasteiger partial charge in [-0.2, -0.15) is 13.2 Å². The third kappa shape index (κ3) is 5.51. The first-order valence-electron chi connectivity index (χ1n) is 5.45. The van der Waals surface area contributed by atoms with Crippen molar-refractivity contribution in [3.63, 3.8) is 0 Å². The number of nitrogens with one attached hydrogen (secondary N) is 1. The molecule has 1 aliphatic carbocycles. The second kappa shape index (κ2) is 5.68. The maximum atomic E-state index is 11.8. The summed E-state index contributed by atoms with van der Waals surface area (Å²) in [5, 5.41) is 0. The first kappa shape index (κ1) is 13.5. The van der Waals surface area contributed by atoms with Gasteiger partial charge in [-0.1, -0.05) is 18.6 Å². The molecule has 1 rings (SSSR count). The van der Waals surface area contributed by atoms with Crippen LogP contribution in [0.1, 0.15) is 26.7 Å². The van der Waals surface area contributed by atoms with E-state index in [1.165, 1.54) is 5.57 Å². The van der Waals surface area contributed by atoms with Gasteiger partial charge in [0.05, 0.1) is 0 Å². The van der Waals surface area contributed by atoms with Crippen LogP contribution in [-0.4, -0.2) is 19.3 Å². The lowest BCUT2D eigenvalue weighted by atomic mass is 9.84. The molecule has 1 N–H and O–H groups in total. The second-order valence-corrected chi connectivity index (χ2v) is 4.55. The van der Waals surface area contributed by atoms with Gasteiger partial charge in [-0.05, 0) is 31.6 Å². The summed E-state index contributed by atoms with van der Waals surface area (Å²) in [4.78, 5) is 4.38. The molecule has 0 spiro atoms. The Kier molecular flexibility index (Phi) is 4.80. The van der Waals surface area contributed by atoms with E-state index in [0.29, 0.717) is 18.4 Å². The molecule has 2 unspecified atom stereocenters. The maximum absolute atomic E-state index is 11.8. The monoisotopic (exact) mass is 237 g/mol. The van der Waals surface area contributed by atoms with Gasteiger partial charge in [0, 0.05) is 6.54 Å². The van der Waals surface area contributed by atoms with E-state index >= 15 is 0 Å². The van der Waals surface area contributed by atoms with E-state index in [1.807, 2.05) is 0 Å². The molecule has 2 atom stereocenters. The van der Waals surface area contributed by atoms with Crippen LogP contribution in [0, 0.1) is 11.8 Å². The minimum atomic E-state index is -4.26. The highest BCUT2D eigenvalue weighted by atomic mass is 19.4. The van der Waals surface area contributed by atoms with Crippen LogP contribution in [0.2, 0.25) is 0 Å². The zero-order valence-electron chi connectivity index (χ0n) is 9.60.